The molecule has 0 bridgehead atoms. The van der Waals surface area contributed by atoms with E-state index in [2.05, 4.69) is 25.5 Å². The first-order chi connectivity index (χ1) is 12.4. The smallest absolute Gasteiger partial charge is 0.241 e. The van der Waals surface area contributed by atoms with Gasteiger partial charge in [-0.2, -0.15) is 0 Å². The van der Waals surface area contributed by atoms with Crippen LogP contribution >= 0.6 is 11.3 Å². The molecule has 2 aromatic rings. The Kier molecular flexibility index (Phi) is 6.01. The SMILES string of the molecule is Cc1nc(CN2CCN([C@@H](C)C(=O)Nc3ccc(C)c(F)c3)CC2)cs1. The first kappa shape index (κ1) is 18.9. The molecule has 0 spiro atoms. The van der Waals surface area contributed by atoms with Gasteiger partial charge in [-0.05, 0) is 38.5 Å². The monoisotopic (exact) mass is 376 g/mol. The Balaban J connectivity index is 1.50. The lowest BCUT2D eigenvalue weighted by Gasteiger charge is -2.37. The Bertz CT molecular complexity index is 771. The van der Waals surface area contributed by atoms with Crippen LogP contribution in [0.15, 0.2) is 23.6 Å². The summed E-state index contributed by atoms with van der Waals surface area (Å²) in [6.07, 6.45) is 0. The first-order valence-corrected chi connectivity index (χ1v) is 9.75. The number of piperazine rings is 1. The molecule has 1 amide bonds. The van der Waals surface area contributed by atoms with Gasteiger partial charge in [0, 0.05) is 43.8 Å². The van der Waals surface area contributed by atoms with Crippen molar-refractivity contribution in [3.63, 3.8) is 0 Å². The second-order valence-corrected chi connectivity index (χ2v) is 7.86. The van der Waals surface area contributed by atoms with Gasteiger partial charge in [0.25, 0.3) is 0 Å². The van der Waals surface area contributed by atoms with Crippen LogP contribution in [0.25, 0.3) is 0 Å². The van der Waals surface area contributed by atoms with Crippen molar-refractivity contribution in [1.29, 1.82) is 0 Å². The molecule has 1 N–H and O–H groups in total. The second-order valence-electron chi connectivity index (χ2n) is 6.80. The van der Waals surface area contributed by atoms with E-state index >= 15 is 0 Å². The number of thiazole rings is 1. The van der Waals surface area contributed by atoms with Crippen molar-refractivity contribution in [2.45, 2.75) is 33.4 Å². The van der Waals surface area contributed by atoms with Crippen LogP contribution in [-0.2, 0) is 11.3 Å². The van der Waals surface area contributed by atoms with Crippen molar-refractivity contribution in [2.24, 2.45) is 0 Å². The number of hydrogen-bond acceptors (Lipinski definition) is 5. The van der Waals surface area contributed by atoms with Gasteiger partial charge in [-0.1, -0.05) is 6.07 Å². The van der Waals surface area contributed by atoms with E-state index in [9.17, 15) is 9.18 Å². The molecule has 7 heteroatoms. The summed E-state index contributed by atoms with van der Waals surface area (Å²) >= 11 is 1.68. The molecule has 140 valence electrons. The highest BCUT2D eigenvalue weighted by Crippen LogP contribution is 2.16. The minimum absolute atomic E-state index is 0.100. The molecule has 1 aliphatic rings. The highest BCUT2D eigenvalue weighted by Gasteiger charge is 2.26. The van der Waals surface area contributed by atoms with Crippen LogP contribution < -0.4 is 5.32 Å². The number of benzene rings is 1. The average Bonchev–Trinajstić information content (AvgIpc) is 3.03. The van der Waals surface area contributed by atoms with Crippen LogP contribution in [0.5, 0.6) is 0 Å². The summed E-state index contributed by atoms with van der Waals surface area (Å²) < 4.78 is 13.6. The summed E-state index contributed by atoms with van der Waals surface area (Å²) in [4.78, 5) is 21.5. The van der Waals surface area contributed by atoms with Gasteiger partial charge in [-0.25, -0.2) is 9.37 Å². The van der Waals surface area contributed by atoms with E-state index in [1.807, 2.05) is 13.8 Å². The van der Waals surface area contributed by atoms with Crippen LogP contribution in [0, 0.1) is 19.7 Å². The van der Waals surface area contributed by atoms with Gasteiger partial charge in [0.2, 0.25) is 5.91 Å². The number of aryl methyl sites for hydroxylation is 2. The molecule has 2 heterocycles. The lowest BCUT2D eigenvalue weighted by molar-refractivity contribution is -0.121. The van der Waals surface area contributed by atoms with Gasteiger partial charge >= 0.3 is 0 Å². The summed E-state index contributed by atoms with van der Waals surface area (Å²) in [5, 5.41) is 6.02. The molecule has 1 fully saturated rings. The zero-order valence-electron chi connectivity index (χ0n) is 15.5. The van der Waals surface area contributed by atoms with E-state index in [-0.39, 0.29) is 17.8 Å². The maximum atomic E-state index is 13.6. The standard InChI is InChI=1S/C19H25FN4OS/c1-13-4-5-16(10-18(13)20)22-19(25)14(2)24-8-6-23(7-9-24)11-17-12-26-15(3)21-17/h4-5,10,12,14H,6-9,11H2,1-3H3,(H,22,25)/t14-/m0/s1. The van der Waals surface area contributed by atoms with Crippen molar-refractivity contribution in [3.8, 4) is 0 Å². The van der Waals surface area contributed by atoms with Gasteiger partial charge in [0.15, 0.2) is 0 Å². The predicted octanol–water partition coefficient (Wildman–Crippen LogP) is 3.04. The van der Waals surface area contributed by atoms with E-state index in [4.69, 9.17) is 0 Å². The second kappa shape index (κ2) is 8.24. The van der Waals surface area contributed by atoms with Crippen LogP contribution in [-0.4, -0.2) is 52.9 Å². The summed E-state index contributed by atoms with van der Waals surface area (Å²) in [5.41, 5.74) is 2.19. The molecule has 1 saturated heterocycles. The molecule has 1 aromatic heterocycles. The number of amides is 1. The van der Waals surface area contributed by atoms with Crippen LogP contribution in [0.4, 0.5) is 10.1 Å². The van der Waals surface area contributed by atoms with Crippen molar-refractivity contribution in [2.75, 3.05) is 31.5 Å². The highest BCUT2D eigenvalue weighted by molar-refractivity contribution is 7.09. The van der Waals surface area contributed by atoms with Gasteiger partial charge in [0.05, 0.1) is 16.7 Å². The van der Waals surface area contributed by atoms with E-state index in [1.165, 1.54) is 6.07 Å². The number of halogens is 1. The quantitative estimate of drug-likeness (QED) is 0.871. The number of nitrogens with one attached hydrogen (secondary N) is 1. The molecule has 26 heavy (non-hydrogen) atoms. The highest BCUT2D eigenvalue weighted by atomic mass is 32.1. The minimum Gasteiger partial charge on any atom is -0.325 e. The lowest BCUT2D eigenvalue weighted by Crippen LogP contribution is -2.52. The average molecular weight is 377 g/mol. The molecule has 1 aromatic carbocycles. The Labute approximate surface area is 157 Å². The van der Waals surface area contributed by atoms with Crippen molar-refractivity contribution in [1.82, 2.24) is 14.8 Å². The molecule has 3 rings (SSSR count). The third-order valence-corrected chi connectivity index (χ3v) is 5.65. The lowest BCUT2D eigenvalue weighted by atomic mass is 10.2. The van der Waals surface area contributed by atoms with Crippen LogP contribution in [0.1, 0.15) is 23.2 Å². The van der Waals surface area contributed by atoms with Gasteiger partial charge in [0.1, 0.15) is 5.82 Å². The zero-order chi connectivity index (χ0) is 18.7. The van der Waals surface area contributed by atoms with Gasteiger partial charge in [-0.3, -0.25) is 14.6 Å². The summed E-state index contributed by atoms with van der Waals surface area (Å²) in [7, 11) is 0. The molecular weight excluding hydrogens is 351 g/mol. The number of anilines is 1. The molecular formula is C19H25FN4OS. The molecule has 1 aliphatic heterocycles. The van der Waals surface area contributed by atoms with E-state index in [0.29, 0.717) is 11.3 Å². The number of hydrogen-bond donors (Lipinski definition) is 1. The fourth-order valence-electron chi connectivity index (χ4n) is 3.10. The number of carbonyl (C=O) groups excluding carboxylic acids is 1. The fraction of sp³-hybridized carbons (Fsp3) is 0.474. The molecule has 0 unspecified atom stereocenters. The third-order valence-electron chi connectivity index (χ3n) is 4.83. The van der Waals surface area contributed by atoms with Gasteiger partial charge in [-0.15, -0.1) is 11.3 Å². The summed E-state index contributed by atoms with van der Waals surface area (Å²) in [5.74, 6) is -0.404. The number of rotatable bonds is 5. The van der Waals surface area contributed by atoms with Crippen LogP contribution in [0.2, 0.25) is 0 Å². The number of carbonyl (C=O) groups is 1. The van der Waals surface area contributed by atoms with Crippen molar-refractivity contribution in [3.05, 3.63) is 45.7 Å². The normalized spacial score (nSPS) is 17.2. The Morgan fingerprint density at radius 1 is 1.31 bits per heavy atom. The van der Waals surface area contributed by atoms with Crippen molar-refractivity contribution < 1.29 is 9.18 Å². The third kappa shape index (κ3) is 4.66. The Hall–Kier alpha value is -1.83. The molecule has 1 atom stereocenters. The first-order valence-electron chi connectivity index (χ1n) is 8.87. The largest absolute Gasteiger partial charge is 0.325 e. The topological polar surface area (TPSA) is 48.5 Å². The van der Waals surface area contributed by atoms with E-state index in [1.54, 1.807) is 30.4 Å². The fourth-order valence-corrected chi connectivity index (χ4v) is 3.71. The van der Waals surface area contributed by atoms with E-state index < -0.39 is 0 Å². The van der Waals surface area contributed by atoms with Gasteiger partial charge < -0.3 is 5.32 Å². The number of nitrogens with zero attached hydrogens (tertiary/aromatic N) is 3. The predicted molar refractivity (Wildman–Crippen MR) is 103 cm³/mol. The summed E-state index contributed by atoms with van der Waals surface area (Å²) in [6, 6.07) is 4.53. The Morgan fingerprint density at radius 2 is 2.04 bits per heavy atom. The zero-order valence-corrected chi connectivity index (χ0v) is 16.3. The van der Waals surface area contributed by atoms with E-state index in [0.717, 1.165) is 43.4 Å². The molecule has 0 aliphatic carbocycles. The minimum atomic E-state index is -0.304. The van der Waals surface area contributed by atoms with Crippen LogP contribution in [0.3, 0.4) is 0 Å². The Morgan fingerprint density at radius 3 is 2.65 bits per heavy atom. The maximum Gasteiger partial charge on any atom is 0.241 e. The molecule has 0 saturated carbocycles. The number of aromatic nitrogens is 1. The maximum absolute atomic E-state index is 13.6. The molecule has 0 radical (unpaired) electrons. The molecule has 5 nitrogen and oxygen atoms in total. The van der Waals surface area contributed by atoms with Crippen molar-refractivity contribution >= 4 is 22.9 Å². The summed E-state index contributed by atoms with van der Waals surface area (Å²) in [6.45, 7) is 9.98.